The number of carbonyl (C=O) groups is 2. The average Bonchev–Trinajstić information content (AvgIpc) is 2.52. The van der Waals surface area contributed by atoms with Gasteiger partial charge in [0.05, 0.1) is 0 Å². The van der Waals surface area contributed by atoms with E-state index in [-0.39, 0.29) is 17.7 Å². The van der Waals surface area contributed by atoms with E-state index in [2.05, 4.69) is 21.5 Å². The maximum absolute atomic E-state index is 12.5. The summed E-state index contributed by atoms with van der Waals surface area (Å²) in [6.07, 6.45) is 0.527. The monoisotopic (exact) mass is 350 g/mol. The molecule has 0 aliphatic carbocycles. The van der Waals surface area contributed by atoms with E-state index in [9.17, 15) is 9.59 Å². The van der Waals surface area contributed by atoms with Gasteiger partial charge >= 0.3 is 0 Å². The molecule has 2 amide bonds. The van der Waals surface area contributed by atoms with Gasteiger partial charge in [0, 0.05) is 12.1 Å². The smallest absolute Gasteiger partial charge is 0.260 e. The molecular formula is C17H26N4O2S. The number of thiocarbonyl (C=S) groups is 1. The van der Waals surface area contributed by atoms with Crippen LogP contribution in [0.25, 0.3) is 0 Å². The van der Waals surface area contributed by atoms with Crippen molar-refractivity contribution in [2.45, 2.75) is 40.2 Å². The van der Waals surface area contributed by atoms with E-state index >= 15 is 0 Å². The summed E-state index contributed by atoms with van der Waals surface area (Å²) in [7, 11) is 0. The molecule has 0 fully saturated rings. The summed E-state index contributed by atoms with van der Waals surface area (Å²) in [5, 5.41) is 6.01. The maximum atomic E-state index is 12.5. The van der Waals surface area contributed by atoms with E-state index in [1.165, 1.54) is 0 Å². The predicted octanol–water partition coefficient (Wildman–Crippen LogP) is 1.65. The summed E-state index contributed by atoms with van der Waals surface area (Å²) in [6, 6.07) is 6.64. The molecule has 0 saturated carbocycles. The lowest BCUT2D eigenvalue weighted by Crippen LogP contribution is -2.54. The van der Waals surface area contributed by atoms with E-state index in [1.807, 2.05) is 39.8 Å². The topological polar surface area (TPSA) is 82.3 Å². The molecule has 0 heterocycles. The van der Waals surface area contributed by atoms with Gasteiger partial charge in [-0.3, -0.25) is 20.4 Å². The van der Waals surface area contributed by atoms with Gasteiger partial charge < -0.3 is 10.6 Å². The highest BCUT2D eigenvalue weighted by Crippen LogP contribution is 2.10. The van der Waals surface area contributed by atoms with Crippen LogP contribution < -0.4 is 21.5 Å². The first-order chi connectivity index (χ1) is 11.3. The molecule has 0 aliphatic heterocycles. The SMILES string of the molecule is CCNC(=S)NNC(=O)[C@H](CC(C)C)NC(=O)c1ccccc1C. The van der Waals surface area contributed by atoms with Gasteiger partial charge in [0.15, 0.2) is 5.11 Å². The largest absolute Gasteiger partial charge is 0.362 e. The number of hydrazine groups is 1. The van der Waals surface area contributed by atoms with Crippen LogP contribution in [0.5, 0.6) is 0 Å². The van der Waals surface area contributed by atoms with Crippen molar-refractivity contribution in [3.05, 3.63) is 35.4 Å². The molecule has 0 spiro atoms. The number of benzene rings is 1. The van der Waals surface area contributed by atoms with Crippen molar-refractivity contribution in [3.8, 4) is 0 Å². The standard InChI is InChI=1S/C17H26N4O2S/c1-5-18-17(24)21-20-16(23)14(10-11(2)3)19-15(22)13-9-7-6-8-12(13)4/h6-9,11,14H,5,10H2,1-4H3,(H,19,22)(H,20,23)(H2,18,21,24)/t14-/m0/s1. The minimum atomic E-state index is -0.644. The summed E-state index contributed by atoms with van der Waals surface area (Å²) >= 11 is 5.00. The third kappa shape index (κ3) is 6.54. The lowest BCUT2D eigenvalue weighted by Gasteiger charge is -2.21. The van der Waals surface area contributed by atoms with Crippen LogP contribution in [0.15, 0.2) is 24.3 Å². The first kappa shape index (κ1) is 19.9. The van der Waals surface area contributed by atoms with Crippen LogP contribution in [-0.2, 0) is 4.79 Å². The summed E-state index contributed by atoms with van der Waals surface area (Å²) in [5.41, 5.74) is 6.60. The van der Waals surface area contributed by atoms with Crippen LogP contribution in [0.2, 0.25) is 0 Å². The molecule has 1 atom stereocenters. The van der Waals surface area contributed by atoms with Crippen LogP contribution in [0.3, 0.4) is 0 Å². The van der Waals surface area contributed by atoms with Crippen molar-refractivity contribution in [1.29, 1.82) is 0 Å². The molecule has 24 heavy (non-hydrogen) atoms. The normalized spacial score (nSPS) is 11.5. The number of nitrogens with one attached hydrogen (secondary N) is 4. The van der Waals surface area contributed by atoms with Gasteiger partial charge in [-0.2, -0.15) is 0 Å². The molecule has 0 aliphatic rings. The predicted molar refractivity (Wildman–Crippen MR) is 99.4 cm³/mol. The molecule has 0 bridgehead atoms. The van der Waals surface area contributed by atoms with Crippen molar-refractivity contribution < 1.29 is 9.59 Å². The van der Waals surface area contributed by atoms with Crippen LogP contribution in [0.4, 0.5) is 0 Å². The van der Waals surface area contributed by atoms with Crippen LogP contribution >= 0.6 is 12.2 Å². The molecule has 7 heteroatoms. The highest BCUT2D eigenvalue weighted by Gasteiger charge is 2.23. The molecule has 1 aromatic carbocycles. The third-order valence-corrected chi connectivity index (χ3v) is 3.60. The van der Waals surface area contributed by atoms with E-state index in [0.717, 1.165) is 5.56 Å². The van der Waals surface area contributed by atoms with E-state index in [4.69, 9.17) is 12.2 Å². The van der Waals surface area contributed by atoms with Gasteiger partial charge in [0.25, 0.3) is 11.8 Å². The number of aryl methyl sites for hydroxylation is 1. The Morgan fingerprint density at radius 3 is 2.42 bits per heavy atom. The van der Waals surface area contributed by atoms with Crippen LogP contribution in [0, 0.1) is 12.8 Å². The first-order valence-corrected chi connectivity index (χ1v) is 8.46. The Morgan fingerprint density at radius 1 is 1.17 bits per heavy atom. The second kappa shape index (κ2) is 9.87. The summed E-state index contributed by atoms with van der Waals surface area (Å²) < 4.78 is 0. The molecule has 0 saturated heterocycles. The molecule has 132 valence electrons. The van der Waals surface area contributed by atoms with Crippen molar-refractivity contribution in [1.82, 2.24) is 21.5 Å². The van der Waals surface area contributed by atoms with Crippen molar-refractivity contribution in [2.75, 3.05) is 6.54 Å². The molecule has 4 N–H and O–H groups in total. The lowest BCUT2D eigenvalue weighted by molar-refractivity contribution is -0.123. The zero-order valence-electron chi connectivity index (χ0n) is 14.6. The Kier molecular flexibility index (Phi) is 8.18. The summed E-state index contributed by atoms with van der Waals surface area (Å²) in [4.78, 5) is 24.8. The Labute approximate surface area is 148 Å². The van der Waals surface area contributed by atoms with Gasteiger partial charge in [-0.25, -0.2) is 0 Å². The summed E-state index contributed by atoms with van der Waals surface area (Å²) in [6.45, 7) is 8.41. The molecule has 6 nitrogen and oxygen atoms in total. The number of amides is 2. The maximum Gasteiger partial charge on any atom is 0.260 e. The number of hydrogen-bond acceptors (Lipinski definition) is 3. The zero-order chi connectivity index (χ0) is 18.1. The van der Waals surface area contributed by atoms with Crippen molar-refractivity contribution >= 4 is 29.1 Å². The van der Waals surface area contributed by atoms with Gasteiger partial charge in [-0.05, 0) is 50.0 Å². The summed E-state index contributed by atoms with van der Waals surface area (Å²) in [5.74, 6) is -0.340. The molecule has 0 unspecified atom stereocenters. The molecule has 1 aromatic rings. The Bertz CT molecular complexity index is 590. The Hall–Kier alpha value is -2.15. The Balaban J connectivity index is 2.74. The minimum absolute atomic E-state index is 0.249. The first-order valence-electron chi connectivity index (χ1n) is 8.05. The fourth-order valence-corrected chi connectivity index (χ4v) is 2.37. The number of hydrogen-bond donors (Lipinski definition) is 4. The van der Waals surface area contributed by atoms with E-state index < -0.39 is 6.04 Å². The highest BCUT2D eigenvalue weighted by molar-refractivity contribution is 7.80. The van der Waals surface area contributed by atoms with E-state index in [1.54, 1.807) is 12.1 Å². The fourth-order valence-electron chi connectivity index (χ4n) is 2.18. The lowest BCUT2D eigenvalue weighted by atomic mass is 10.0. The minimum Gasteiger partial charge on any atom is -0.362 e. The molecular weight excluding hydrogens is 324 g/mol. The Morgan fingerprint density at radius 2 is 1.83 bits per heavy atom. The average molecular weight is 350 g/mol. The van der Waals surface area contributed by atoms with Crippen molar-refractivity contribution in [2.24, 2.45) is 5.92 Å². The van der Waals surface area contributed by atoms with Gasteiger partial charge in [0.2, 0.25) is 0 Å². The van der Waals surface area contributed by atoms with Crippen molar-refractivity contribution in [3.63, 3.8) is 0 Å². The molecule has 0 aromatic heterocycles. The highest BCUT2D eigenvalue weighted by atomic mass is 32.1. The number of carbonyl (C=O) groups excluding carboxylic acids is 2. The van der Waals surface area contributed by atoms with Crippen LogP contribution in [0.1, 0.15) is 43.1 Å². The van der Waals surface area contributed by atoms with Gasteiger partial charge in [-0.15, -0.1) is 0 Å². The zero-order valence-corrected chi connectivity index (χ0v) is 15.4. The van der Waals surface area contributed by atoms with Crippen LogP contribution in [-0.4, -0.2) is 29.5 Å². The second-order valence-electron chi connectivity index (χ2n) is 5.94. The third-order valence-electron chi connectivity index (χ3n) is 3.36. The second-order valence-corrected chi connectivity index (χ2v) is 6.35. The van der Waals surface area contributed by atoms with Gasteiger partial charge in [-0.1, -0.05) is 32.0 Å². The fraction of sp³-hybridized carbons (Fsp3) is 0.471. The molecule has 1 rings (SSSR count). The van der Waals surface area contributed by atoms with Gasteiger partial charge in [0.1, 0.15) is 6.04 Å². The van der Waals surface area contributed by atoms with E-state index in [0.29, 0.717) is 23.6 Å². The number of rotatable bonds is 6. The quantitative estimate of drug-likeness (QED) is 0.463. The molecule has 0 radical (unpaired) electrons.